The first-order valence-corrected chi connectivity index (χ1v) is 5.19. The molecule has 0 bridgehead atoms. The Hall–Kier alpha value is -0.650. The van der Waals surface area contributed by atoms with Crippen LogP contribution in [0.2, 0.25) is 0 Å². The van der Waals surface area contributed by atoms with Crippen LogP contribution in [0.15, 0.2) is 0 Å². The van der Waals surface area contributed by atoms with Gasteiger partial charge in [-0.3, -0.25) is 9.69 Å². The molecule has 1 fully saturated rings. The number of hydrogen-bond donors (Lipinski definition) is 0. The van der Waals surface area contributed by atoms with Crippen molar-refractivity contribution in [2.75, 3.05) is 47.4 Å². The second kappa shape index (κ2) is 6.05. The highest BCUT2D eigenvalue weighted by molar-refractivity contribution is 5.78. The maximum Gasteiger partial charge on any atom is 0.236 e. The zero-order valence-electron chi connectivity index (χ0n) is 9.73. The van der Waals surface area contributed by atoms with Crippen LogP contribution in [0.5, 0.6) is 0 Å². The lowest BCUT2D eigenvalue weighted by atomic mass is 10.4. The summed E-state index contributed by atoms with van der Waals surface area (Å²) in [7, 11) is 5.07. The number of carbonyl (C=O) groups excluding carboxylic acids is 1. The van der Waals surface area contributed by atoms with E-state index in [1.54, 1.807) is 19.1 Å². The number of amides is 1. The van der Waals surface area contributed by atoms with Crippen LogP contribution in [0.25, 0.3) is 0 Å². The van der Waals surface area contributed by atoms with E-state index in [-0.39, 0.29) is 12.2 Å². The average Bonchev–Trinajstić information content (AvgIpc) is 2.38. The Labute approximate surface area is 90.9 Å². The summed E-state index contributed by atoms with van der Waals surface area (Å²) < 4.78 is 10.2. The fourth-order valence-electron chi connectivity index (χ4n) is 1.66. The predicted octanol–water partition coefficient (Wildman–Crippen LogP) is -0.231. The molecule has 0 aliphatic carbocycles. The fraction of sp³-hybridized carbons (Fsp3) is 0.900. The van der Waals surface area contributed by atoms with E-state index in [0.29, 0.717) is 13.1 Å². The number of carbonyl (C=O) groups is 1. The Bertz CT molecular complexity index is 207. The van der Waals surface area contributed by atoms with Gasteiger partial charge in [-0.1, -0.05) is 0 Å². The molecule has 0 aromatic rings. The highest BCUT2D eigenvalue weighted by Crippen LogP contribution is 2.04. The summed E-state index contributed by atoms with van der Waals surface area (Å²) in [4.78, 5) is 15.4. The molecule has 0 N–H and O–H groups in total. The van der Waals surface area contributed by atoms with Gasteiger partial charge in [-0.05, 0) is 6.42 Å². The van der Waals surface area contributed by atoms with Crippen molar-refractivity contribution in [2.45, 2.75) is 12.7 Å². The molecule has 0 unspecified atom stereocenters. The molecule has 1 heterocycles. The summed E-state index contributed by atoms with van der Waals surface area (Å²) in [6, 6.07) is 0. The SMILES string of the molecule is COC(CN1CCCN(C)C(=O)C1)OC. The van der Waals surface area contributed by atoms with Gasteiger partial charge in [0.1, 0.15) is 0 Å². The number of likely N-dealkylation sites (N-methyl/N-ethyl adjacent to an activating group) is 1. The molecule has 1 aliphatic heterocycles. The second-order valence-electron chi connectivity index (χ2n) is 3.80. The molecular formula is C10H20N2O3. The van der Waals surface area contributed by atoms with E-state index < -0.39 is 0 Å². The summed E-state index contributed by atoms with van der Waals surface area (Å²) in [5, 5.41) is 0. The van der Waals surface area contributed by atoms with Crippen molar-refractivity contribution in [1.29, 1.82) is 0 Å². The van der Waals surface area contributed by atoms with Gasteiger partial charge in [0.15, 0.2) is 6.29 Å². The van der Waals surface area contributed by atoms with Crippen molar-refractivity contribution in [2.24, 2.45) is 0 Å². The Morgan fingerprint density at radius 1 is 1.33 bits per heavy atom. The number of methoxy groups -OCH3 is 2. The normalized spacial score (nSPS) is 19.7. The van der Waals surface area contributed by atoms with Crippen LogP contribution in [-0.2, 0) is 14.3 Å². The molecule has 1 amide bonds. The van der Waals surface area contributed by atoms with E-state index in [9.17, 15) is 4.79 Å². The first-order chi connectivity index (χ1) is 7.17. The van der Waals surface area contributed by atoms with E-state index in [0.717, 1.165) is 19.5 Å². The van der Waals surface area contributed by atoms with Gasteiger partial charge in [0.25, 0.3) is 0 Å². The van der Waals surface area contributed by atoms with Crippen molar-refractivity contribution < 1.29 is 14.3 Å². The van der Waals surface area contributed by atoms with Crippen LogP contribution in [-0.4, -0.2) is 69.4 Å². The quantitative estimate of drug-likeness (QED) is 0.609. The van der Waals surface area contributed by atoms with Crippen molar-refractivity contribution >= 4 is 5.91 Å². The zero-order chi connectivity index (χ0) is 11.3. The standard InChI is InChI=1S/C10H20N2O3/c1-11-5-4-6-12(7-9(11)13)8-10(14-2)15-3/h10H,4-8H2,1-3H3. The highest BCUT2D eigenvalue weighted by atomic mass is 16.7. The molecule has 0 aromatic heterocycles. The topological polar surface area (TPSA) is 42.0 Å². The molecule has 1 rings (SSSR count). The van der Waals surface area contributed by atoms with Gasteiger partial charge in [0, 0.05) is 40.9 Å². The molecule has 0 aromatic carbocycles. The third kappa shape index (κ3) is 3.77. The van der Waals surface area contributed by atoms with Crippen LogP contribution in [0.1, 0.15) is 6.42 Å². The summed E-state index contributed by atoms with van der Waals surface area (Å²) in [6.45, 7) is 2.85. The Kier molecular flexibility index (Phi) is 5.01. The number of nitrogens with zero attached hydrogens (tertiary/aromatic N) is 2. The average molecular weight is 216 g/mol. The Morgan fingerprint density at radius 2 is 2.00 bits per heavy atom. The molecule has 0 saturated carbocycles. The van der Waals surface area contributed by atoms with Crippen LogP contribution >= 0.6 is 0 Å². The molecule has 0 spiro atoms. The molecule has 15 heavy (non-hydrogen) atoms. The van der Waals surface area contributed by atoms with Crippen LogP contribution in [0.4, 0.5) is 0 Å². The monoisotopic (exact) mass is 216 g/mol. The molecule has 0 radical (unpaired) electrons. The maximum atomic E-state index is 11.6. The number of ether oxygens (including phenoxy) is 2. The van der Waals surface area contributed by atoms with Gasteiger partial charge < -0.3 is 14.4 Å². The number of hydrogen-bond acceptors (Lipinski definition) is 4. The van der Waals surface area contributed by atoms with Crippen LogP contribution in [0, 0.1) is 0 Å². The first-order valence-electron chi connectivity index (χ1n) is 5.19. The zero-order valence-corrected chi connectivity index (χ0v) is 9.73. The van der Waals surface area contributed by atoms with Gasteiger partial charge in [0.2, 0.25) is 5.91 Å². The minimum absolute atomic E-state index is 0.165. The molecular weight excluding hydrogens is 196 g/mol. The molecule has 1 saturated heterocycles. The van der Waals surface area contributed by atoms with Crippen molar-refractivity contribution in [3.05, 3.63) is 0 Å². The summed E-state index contributed by atoms with van der Waals surface area (Å²) in [6.07, 6.45) is 0.753. The maximum absolute atomic E-state index is 11.6. The molecule has 5 heteroatoms. The summed E-state index contributed by atoms with van der Waals surface area (Å²) >= 11 is 0. The van der Waals surface area contributed by atoms with E-state index in [1.807, 2.05) is 7.05 Å². The lowest BCUT2D eigenvalue weighted by Gasteiger charge is -2.23. The third-order valence-electron chi connectivity index (χ3n) is 2.69. The van der Waals surface area contributed by atoms with E-state index in [1.165, 1.54) is 0 Å². The van der Waals surface area contributed by atoms with Gasteiger partial charge in [-0.25, -0.2) is 0 Å². The van der Waals surface area contributed by atoms with Crippen LogP contribution < -0.4 is 0 Å². The van der Waals surface area contributed by atoms with Gasteiger partial charge in [-0.2, -0.15) is 0 Å². The van der Waals surface area contributed by atoms with Gasteiger partial charge >= 0.3 is 0 Å². The minimum Gasteiger partial charge on any atom is -0.355 e. The molecule has 88 valence electrons. The first kappa shape index (κ1) is 12.4. The smallest absolute Gasteiger partial charge is 0.236 e. The summed E-state index contributed by atoms with van der Waals surface area (Å²) in [5.41, 5.74) is 0. The van der Waals surface area contributed by atoms with E-state index in [4.69, 9.17) is 9.47 Å². The second-order valence-corrected chi connectivity index (χ2v) is 3.80. The third-order valence-corrected chi connectivity index (χ3v) is 2.69. The molecule has 0 atom stereocenters. The molecule has 5 nitrogen and oxygen atoms in total. The minimum atomic E-state index is -0.249. The molecule has 1 aliphatic rings. The Balaban J connectivity index is 2.44. The van der Waals surface area contributed by atoms with Crippen molar-refractivity contribution in [1.82, 2.24) is 9.80 Å². The largest absolute Gasteiger partial charge is 0.355 e. The van der Waals surface area contributed by atoms with E-state index >= 15 is 0 Å². The van der Waals surface area contributed by atoms with Gasteiger partial charge in [0.05, 0.1) is 6.54 Å². The van der Waals surface area contributed by atoms with Crippen LogP contribution in [0.3, 0.4) is 0 Å². The van der Waals surface area contributed by atoms with E-state index in [2.05, 4.69) is 4.90 Å². The predicted molar refractivity (Wildman–Crippen MR) is 56.5 cm³/mol. The lowest BCUT2D eigenvalue weighted by molar-refractivity contribution is -0.134. The lowest BCUT2D eigenvalue weighted by Crippen LogP contribution is -2.39. The number of rotatable bonds is 4. The van der Waals surface area contributed by atoms with Crippen molar-refractivity contribution in [3.8, 4) is 0 Å². The van der Waals surface area contributed by atoms with Gasteiger partial charge in [-0.15, -0.1) is 0 Å². The van der Waals surface area contributed by atoms with Crippen molar-refractivity contribution in [3.63, 3.8) is 0 Å². The highest BCUT2D eigenvalue weighted by Gasteiger charge is 2.21. The Morgan fingerprint density at radius 3 is 2.60 bits per heavy atom. The fourth-order valence-corrected chi connectivity index (χ4v) is 1.66. The summed E-state index contributed by atoms with van der Waals surface area (Å²) in [5.74, 6) is 0.165.